The predicted octanol–water partition coefficient (Wildman–Crippen LogP) is 5.23. The number of carbonyl (C=O) groups excluding carboxylic acids is 2. The van der Waals surface area contributed by atoms with Gasteiger partial charge in [0.05, 0.1) is 28.4 Å². The minimum Gasteiger partial charge on any atom is -0.508 e. The summed E-state index contributed by atoms with van der Waals surface area (Å²) >= 11 is 0.918. The lowest BCUT2D eigenvalue weighted by atomic mass is 9.94. The standard InChI is InChI=1S/C27H18F2N2O5S/c28-17-11-19-21(12-18(17)29)37-27(30-19)31-23(13-3-6-16(32)7-4-13)22(25(34)26(31)35)24(33)15-5-8-20-14(10-15)2-1-9-36-20/h3-8,10-12,23,32-33H,1-2,9H2/b24-22+. The molecule has 3 aromatic carbocycles. The molecule has 0 saturated carbocycles. The van der Waals surface area contributed by atoms with Gasteiger partial charge in [0.15, 0.2) is 16.8 Å². The normalized spacial score (nSPS) is 18.8. The number of phenols is 1. The van der Waals surface area contributed by atoms with E-state index in [-0.39, 0.29) is 32.4 Å². The van der Waals surface area contributed by atoms with Crippen LogP contribution < -0.4 is 9.64 Å². The molecule has 2 N–H and O–H groups in total. The quantitative estimate of drug-likeness (QED) is 0.218. The number of ketones is 1. The number of hydrogen-bond donors (Lipinski definition) is 2. The molecular weight excluding hydrogens is 502 g/mol. The fourth-order valence-electron chi connectivity index (χ4n) is 4.68. The minimum atomic E-state index is -1.09. The lowest BCUT2D eigenvalue weighted by molar-refractivity contribution is -0.132. The van der Waals surface area contributed by atoms with E-state index in [1.165, 1.54) is 24.3 Å². The molecule has 2 aliphatic heterocycles. The number of aromatic nitrogens is 1. The van der Waals surface area contributed by atoms with Crippen LogP contribution in [0.5, 0.6) is 11.5 Å². The molecule has 186 valence electrons. The fourth-order valence-corrected chi connectivity index (χ4v) is 5.68. The Balaban J connectivity index is 1.54. The van der Waals surface area contributed by atoms with Crippen molar-refractivity contribution in [3.05, 3.63) is 88.5 Å². The molecular formula is C27H18F2N2O5S. The second-order valence-corrected chi connectivity index (χ2v) is 9.77. The molecule has 0 radical (unpaired) electrons. The highest BCUT2D eigenvalue weighted by Gasteiger charge is 2.48. The summed E-state index contributed by atoms with van der Waals surface area (Å²) in [6.45, 7) is 0.597. The Morgan fingerprint density at radius 1 is 1.05 bits per heavy atom. The first-order valence-corrected chi connectivity index (χ1v) is 12.2. The maximum Gasteiger partial charge on any atom is 0.301 e. The molecule has 0 bridgehead atoms. The summed E-state index contributed by atoms with van der Waals surface area (Å²) in [6, 6.07) is 11.7. The molecule has 1 amide bonds. The summed E-state index contributed by atoms with van der Waals surface area (Å²) in [7, 11) is 0. The zero-order chi connectivity index (χ0) is 25.8. The molecule has 0 aliphatic carbocycles. The Morgan fingerprint density at radius 2 is 1.81 bits per heavy atom. The van der Waals surface area contributed by atoms with Gasteiger partial charge in [0.1, 0.15) is 17.3 Å². The lowest BCUT2D eigenvalue weighted by Crippen LogP contribution is -2.29. The number of benzene rings is 3. The number of amides is 1. The lowest BCUT2D eigenvalue weighted by Gasteiger charge is -2.23. The molecule has 1 unspecified atom stereocenters. The van der Waals surface area contributed by atoms with Gasteiger partial charge in [-0.1, -0.05) is 23.5 Å². The first-order chi connectivity index (χ1) is 17.8. The predicted molar refractivity (Wildman–Crippen MR) is 133 cm³/mol. The van der Waals surface area contributed by atoms with Crippen LogP contribution in [0.25, 0.3) is 16.0 Å². The smallest absolute Gasteiger partial charge is 0.301 e. The number of aromatic hydroxyl groups is 1. The number of thiazole rings is 1. The molecule has 37 heavy (non-hydrogen) atoms. The highest BCUT2D eigenvalue weighted by Crippen LogP contribution is 2.45. The SMILES string of the molecule is O=C1C(=O)N(c2nc3cc(F)c(F)cc3s2)C(c2ccc(O)cc2)/C1=C(\O)c1ccc2c(c1)CCCO2. The summed E-state index contributed by atoms with van der Waals surface area (Å²) in [4.78, 5) is 32.1. The topological polar surface area (TPSA) is 100.0 Å². The van der Waals surface area contributed by atoms with Crippen molar-refractivity contribution in [1.82, 2.24) is 4.98 Å². The molecule has 0 spiro atoms. The molecule has 7 nitrogen and oxygen atoms in total. The monoisotopic (exact) mass is 520 g/mol. The van der Waals surface area contributed by atoms with Crippen molar-refractivity contribution in [2.75, 3.05) is 11.5 Å². The Labute approximate surface area is 212 Å². The molecule has 2 aliphatic rings. The van der Waals surface area contributed by atoms with E-state index in [1.54, 1.807) is 18.2 Å². The first kappa shape index (κ1) is 23.1. The molecule has 1 fully saturated rings. The van der Waals surface area contributed by atoms with Crippen LogP contribution in [-0.2, 0) is 16.0 Å². The summed E-state index contributed by atoms with van der Waals surface area (Å²) in [5, 5.41) is 21.2. The number of halogens is 2. The zero-order valence-corrected chi connectivity index (χ0v) is 19.9. The first-order valence-electron chi connectivity index (χ1n) is 11.4. The number of aryl methyl sites for hydroxylation is 1. The maximum atomic E-state index is 13.8. The Bertz CT molecular complexity index is 1590. The summed E-state index contributed by atoms with van der Waals surface area (Å²) in [5.74, 6) is -3.71. The van der Waals surface area contributed by atoms with Crippen molar-refractivity contribution in [2.45, 2.75) is 18.9 Å². The summed E-state index contributed by atoms with van der Waals surface area (Å²) < 4.78 is 33.6. The van der Waals surface area contributed by atoms with Crippen molar-refractivity contribution in [3.8, 4) is 11.5 Å². The van der Waals surface area contributed by atoms with E-state index in [4.69, 9.17) is 4.74 Å². The van der Waals surface area contributed by atoms with E-state index in [1.807, 2.05) is 0 Å². The number of aliphatic hydroxyl groups excluding tert-OH is 1. The van der Waals surface area contributed by atoms with Gasteiger partial charge in [-0.15, -0.1) is 0 Å². The van der Waals surface area contributed by atoms with Gasteiger partial charge in [-0.3, -0.25) is 14.5 Å². The number of carbonyl (C=O) groups is 2. The van der Waals surface area contributed by atoms with Crippen molar-refractivity contribution < 1.29 is 33.3 Å². The number of ether oxygens (including phenoxy) is 1. The number of phenolic OH excluding ortho intramolecular Hbond substituents is 1. The zero-order valence-electron chi connectivity index (χ0n) is 19.1. The van der Waals surface area contributed by atoms with E-state index in [0.29, 0.717) is 23.5 Å². The Morgan fingerprint density at radius 3 is 2.59 bits per heavy atom. The van der Waals surface area contributed by atoms with Crippen molar-refractivity contribution >= 4 is 44.1 Å². The Hall–Kier alpha value is -4.31. The second kappa shape index (κ2) is 8.67. The molecule has 1 aromatic heterocycles. The maximum absolute atomic E-state index is 13.8. The third kappa shape index (κ3) is 3.80. The molecule has 4 aromatic rings. The molecule has 3 heterocycles. The van der Waals surface area contributed by atoms with Crippen LogP contribution in [0, 0.1) is 11.6 Å². The number of Topliss-reactive ketones (excluding diaryl/α,β-unsaturated/α-hetero) is 1. The van der Waals surface area contributed by atoms with Gasteiger partial charge in [-0.25, -0.2) is 13.8 Å². The van der Waals surface area contributed by atoms with Gasteiger partial charge in [0.25, 0.3) is 5.78 Å². The number of rotatable bonds is 3. The number of fused-ring (bicyclic) bond motifs is 2. The van der Waals surface area contributed by atoms with Crippen LogP contribution in [0.4, 0.5) is 13.9 Å². The van der Waals surface area contributed by atoms with Crippen LogP contribution in [0.1, 0.15) is 29.2 Å². The van der Waals surface area contributed by atoms with Crippen LogP contribution in [0.3, 0.4) is 0 Å². The van der Waals surface area contributed by atoms with E-state index < -0.39 is 29.4 Å². The third-order valence-corrected chi connectivity index (χ3v) is 7.48. The highest BCUT2D eigenvalue weighted by molar-refractivity contribution is 7.22. The van der Waals surface area contributed by atoms with Gasteiger partial charge in [-0.2, -0.15) is 0 Å². The molecule has 6 rings (SSSR count). The van der Waals surface area contributed by atoms with Gasteiger partial charge >= 0.3 is 5.91 Å². The molecule has 1 atom stereocenters. The van der Waals surface area contributed by atoms with Crippen molar-refractivity contribution in [3.63, 3.8) is 0 Å². The highest BCUT2D eigenvalue weighted by atomic mass is 32.1. The van der Waals surface area contributed by atoms with E-state index in [9.17, 15) is 28.6 Å². The molecule has 10 heteroatoms. The van der Waals surface area contributed by atoms with E-state index in [0.717, 1.165) is 46.8 Å². The van der Waals surface area contributed by atoms with Gasteiger partial charge in [0, 0.05) is 11.6 Å². The van der Waals surface area contributed by atoms with Crippen molar-refractivity contribution in [2.24, 2.45) is 0 Å². The number of anilines is 1. The van der Waals surface area contributed by atoms with Gasteiger partial charge in [-0.05, 0) is 60.4 Å². The summed E-state index contributed by atoms with van der Waals surface area (Å²) in [6.07, 6.45) is 1.55. The third-order valence-electron chi connectivity index (χ3n) is 6.46. The van der Waals surface area contributed by atoms with Crippen LogP contribution in [0.2, 0.25) is 0 Å². The Kier molecular flexibility index (Phi) is 5.41. The van der Waals surface area contributed by atoms with Gasteiger partial charge in [0.2, 0.25) is 0 Å². The van der Waals surface area contributed by atoms with Crippen molar-refractivity contribution in [1.29, 1.82) is 0 Å². The average Bonchev–Trinajstić information content (AvgIpc) is 3.41. The number of aliphatic hydroxyl groups is 1. The van der Waals surface area contributed by atoms with Crippen LogP contribution in [0.15, 0.2) is 60.2 Å². The van der Waals surface area contributed by atoms with Crippen LogP contribution in [-0.4, -0.2) is 33.5 Å². The van der Waals surface area contributed by atoms with Crippen LogP contribution >= 0.6 is 11.3 Å². The summed E-state index contributed by atoms with van der Waals surface area (Å²) in [5.41, 5.74) is 1.61. The number of nitrogens with zero attached hydrogens (tertiary/aromatic N) is 2. The number of hydrogen-bond acceptors (Lipinski definition) is 7. The minimum absolute atomic E-state index is 0.0265. The largest absolute Gasteiger partial charge is 0.508 e. The average molecular weight is 521 g/mol. The van der Waals surface area contributed by atoms with E-state index >= 15 is 0 Å². The van der Waals surface area contributed by atoms with E-state index in [2.05, 4.69) is 4.98 Å². The fraction of sp³-hybridized carbons (Fsp3) is 0.148. The van der Waals surface area contributed by atoms with Gasteiger partial charge < -0.3 is 14.9 Å². The molecule has 1 saturated heterocycles. The second-order valence-electron chi connectivity index (χ2n) is 8.77.